The first kappa shape index (κ1) is 22.6. The number of guanidine groups is 1. The number of aromatic nitrogens is 3. The van der Waals surface area contributed by atoms with Crippen LogP contribution >= 0.6 is 11.8 Å². The molecule has 2 N–H and O–H groups in total. The summed E-state index contributed by atoms with van der Waals surface area (Å²) in [6, 6.07) is 11.2. The first-order valence-electron chi connectivity index (χ1n) is 10.9. The Hall–Kier alpha value is -2.06. The molecule has 1 aromatic heterocycles. The van der Waals surface area contributed by atoms with Crippen molar-refractivity contribution in [3.05, 3.63) is 48.0 Å². The highest BCUT2D eigenvalue weighted by molar-refractivity contribution is 7.98. The van der Waals surface area contributed by atoms with E-state index in [-0.39, 0.29) is 0 Å². The normalized spacial score (nSPS) is 16.0. The second-order valence-corrected chi connectivity index (χ2v) is 8.61. The number of nitrogens with one attached hydrogen (secondary N) is 2. The summed E-state index contributed by atoms with van der Waals surface area (Å²) in [6.07, 6.45) is 7.11. The fraction of sp³-hybridized carbons (Fsp3) is 0.591. The van der Waals surface area contributed by atoms with E-state index in [1.54, 1.807) is 6.33 Å². The lowest BCUT2D eigenvalue weighted by Gasteiger charge is -2.33. The zero-order valence-electron chi connectivity index (χ0n) is 18.3. The lowest BCUT2D eigenvalue weighted by molar-refractivity contribution is 0.198. The molecule has 2 heterocycles. The first-order chi connectivity index (χ1) is 14.8. The fourth-order valence-corrected chi connectivity index (χ4v) is 3.98. The summed E-state index contributed by atoms with van der Waals surface area (Å²) in [5.74, 6) is 2.99. The van der Waals surface area contributed by atoms with Crippen LogP contribution in [0.5, 0.6) is 0 Å². The second kappa shape index (κ2) is 12.6. The van der Waals surface area contributed by atoms with E-state index in [2.05, 4.69) is 73.8 Å². The molecule has 0 unspecified atom stereocenters. The summed E-state index contributed by atoms with van der Waals surface area (Å²) >= 11 is 1.83. The third kappa shape index (κ3) is 7.32. The van der Waals surface area contributed by atoms with E-state index in [1.165, 1.54) is 5.56 Å². The van der Waals surface area contributed by atoms with Crippen molar-refractivity contribution in [2.45, 2.75) is 45.3 Å². The number of hydrogen-bond acceptors (Lipinski definition) is 5. The van der Waals surface area contributed by atoms with Crippen LogP contribution in [0.15, 0.2) is 41.7 Å². The van der Waals surface area contributed by atoms with Crippen molar-refractivity contribution in [2.24, 2.45) is 4.99 Å². The Labute approximate surface area is 184 Å². The molecule has 30 heavy (non-hydrogen) atoms. The van der Waals surface area contributed by atoms with Gasteiger partial charge in [0.15, 0.2) is 5.96 Å². The van der Waals surface area contributed by atoms with Gasteiger partial charge in [0.05, 0.1) is 6.54 Å². The van der Waals surface area contributed by atoms with Crippen LogP contribution in [0, 0.1) is 0 Å². The van der Waals surface area contributed by atoms with Crippen LogP contribution in [0.2, 0.25) is 0 Å². The van der Waals surface area contributed by atoms with Crippen molar-refractivity contribution in [3.63, 3.8) is 0 Å². The average Bonchev–Trinajstić information content (AvgIpc) is 3.23. The Morgan fingerprint density at radius 1 is 1.23 bits per heavy atom. The number of aryl methyl sites for hydroxylation is 1. The van der Waals surface area contributed by atoms with E-state index in [9.17, 15) is 0 Å². The molecule has 0 bridgehead atoms. The highest BCUT2D eigenvalue weighted by Crippen LogP contribution is 2.13. The van der Waals surface area contributed by atoms with Gasteiger partial charge in [-0.1, -0.05) is 37.3 Å². The Bertz CT molecular complexity index is 754. The number of benzene rings is 1. The molecule has 3 rings (SSSR count). The van der Waals surface area contributed by atoms with Crippen molar-refractivity contribution in [1.82, 2.24) is 30.3 Å². The van der Waals surface area contributed by atoms with Crippen LogP contribution in [-0.2, 0) is 19.5 Å². The smallest absolute Gasteiger partial charge is 0.191 e. The van der Waals surface area contributed by atoms with Crippen LogP contribution in [-0.4, -0.2) is 69.9 Å². The van der Waals surface area contributed by atoms with E-state index in [0.29, 0.717) is 6.04 Å². The number of nitrogens with zero attached hydrogens (tertiary/aromatic N) is 5. The van der Waals surface area contributed by atoms with Gasteiger partial charge in [-0.15, -0.1) is 10.2 Å². The van der Waals surface area contributed by atoms with Gasteiger partial charge in [-0.25, -0.2) is 0 Å². The van der Waals surface area contributed by atoms with Crippen LogP contribution in [0.1, 0.15) is 31.2 Å². The maximum absolute atomic E-state index is 4.78. The molecule has 1 aromatic carbocycles. The maximum Gasteiger partial charge on any atom is 0.191 e. The quantitative estimate of drug-likeness (QED) is 0.343. The van der Waals surface area contributed by atoms with Crippen molar-refractivity contribution >= 4 is 17.7 Å². The van der Waals surface area contributed by atoms with E-state index < -0.39 is 0 Å². The van der Waals surface area contributed by atoms with Gasteiger partial charge in [0.2, 0.25) is 0 Å². The van der Waals surface area contributed by atoms with E-state index in [4.69, 9.17) is 4.99 Å². The van der Waals surface area contributed by atoms with E-state index in [0.717, 1.165) is 76.1 Å². The monoisotopic (exact) mass is 429 g/mol. The zero-order chi connectivity index (χ0) is 21.0. The fourth-order valence-electron chi connectivity index (χ4n) is 3.71. The Morgan fingerprint density at radius 2 is 2.03 bits per heavy atom. The topological polar surface area (TPSA) is 70.4 Å². The molecule has 0 spiro atoms. The van der Waals surface area contributed by atoms with Gasteiger partial charge in [0.1, 0.15) is 12.2 Å². The minimum atomic E-state index is 0.471. The molecule has 0 saturated carbocycles. The van der Waals surface area contributed by atoms with Gasteiger partial charge >= 0.3 is 0 Å². The van der Waals surface area contributed by atoms with Crippen LogP contribution < -0.4 is 10.6 Å². The van der Waals surface area contributed by atoms with Crippen molar-refractivity contribution in [3.8, 4) is 0 Å². The van der Waals surface area contributed by atoms with Gasteiger partial charge in [-0.05, 0) is 24.7 Å². The average molecular weight is 430 g/mol. The number of likely N-dealkylation sites (tertiary alicyclic amines) is 1. The predicted octanol–water partition coefficient (Wildman–Crippen LogP) is 2.40. The zero-order valence-corrected chi connectivity index (χ0v) is 19.1. The number of thioether (sulfide) groups is 1. The summed E-state index contributed by atoms with van der Waals surface area (Å²) in [5, 5.41) is 15.3. The molecule has 1 saturated heterocycles. The number of piperidine rings is 1. The highest BCUT2D eigenvalue weighted by Gasteiger charge is 2.20. The summed E-state index contributed by atoms with van der Waals surface area (Å²) in [5.41, 5.74) is 1.39. The molecular weight excluding hydrogens is 394 g/mol. The first-order valence-corrected chi connectivity index (χ1v) is 12.3. The van der Waals surface area contributed by atoms with Crippen LogP contribution in [0.4, 0.5) is 0 Å². The lowest BCUT2D eigenvalue weighted by Crippen LogP contribution is -2.49. The van der Waals surface area contributed by atoms with E-state index >= 15 is 0 Å². The molecular formula is C22H35N7S. The maximum atomic E-state index is 4.78. The standard InChI is InChI=1S/C22H35N7S/c1-3-21-27-25-18-29(21)15-11-23-22(24-12-16-30-2)26-20-9-13-28(14-10-20)17-19-7-5-4-6-8-19/h4-8,18,20H,3,9-17H2,1-2H3,(H2,23,24,26). The summed E-state index contributed by atoms with van der Waals surface area (Å²) < 4.78 is 2.11. The van der Waals surface area contributed by atoms with Crippen molar-refractivity contribution < 1.29 is 0 Å². The lowest BCUT2D eigenvalue weighted by atomic mass is 10.0. The predicted molar refractivity (Wildman–Crippen MR) is 126 cm³/mol. The van der Waals surface area contributed by atoms with Gasteiger partial charge in [0.25, 0.3) is 0 Å². The molecule has 0 radical (unpaired) electrons. The van der Waals surface area contributed by atoms with Gasteiger partial charge < -0.3 is 15.2 Å². The third-order valence-corrected chi connectivity index (χ3v) is 5.99. The molecule has 0 aliphatic carbocycles. The number of hydrogen-bond donors (Lipinski definition) is 2. The van der Waals surface area contributed by atoms with Crippen LogP contribution in [0.25, 0.3) is 0 Å². The number of rotatable bonds is 10. The minimum Gasteiger partial charge on any atom is -0.355 e. The van der Waals surface area contributed by atoms with Gasteiger partial charge in [0, 0.05) is 50.9 Å². The van der Waals surface area contributed by atoms with E-state index in [1.807, 2.05) is 11.8 Å². The number of aliphatic imine (C=N–C) groups is 1. The van der Waals surface area contributed by atoms with Gasteiger partial charge in [-0.2, -0.15) is 11.8 Å². The summed E-state index contributed by atoms with van der Waals surface area (Å²) in [6.45, 7) is 7.86. The molecule has 1 aliphatic heterocycles. The van der Waals surface area contributed by atoms with Crippen molar-refractivity contribution in [1.29, 1.82) is 0 Å². The highest BCUT2D eigenvalue weighted by atomic mass is 32.2. The second-order valence-electron chi connectivity index (χ2n) is 7.62. The van der Waals surface area contributed by atoms with Gasteiger partial charge in [-0.3, -0.25) is 9.89 Å². The summed E-state index contributed by atoms with van der Waals surface area (Å²) in [7, 11) is 0. The Balaban J connectivity index is 1.45. The Kier molecular flexibility index (Phi) is 9.50. The Morgan fingerprint density at radius 3 is 2.77 bits per heavy atom. The third-order valence-electron chi connectivity index (χ3n) is 5.40. The SMILES string of the molecule is CCc1nncn1CCNC(=NCCSC)NC1CCN(Cc2ccccc2)CC1. The molecule has 0 atom stereocenters. The molecule has 164 valence electrons. The largest absolute Gasteiger partial charge is 0.355 e. The molecule has 8 heteroatoms. The summed E-state index contributed by atoms with van der Waals surface area (Å²) in [4.78, 5) is 7.32. The molecule has 1 aliphatic rings. The molecule has 0 amide bonds. The minimum absolute atomic E-state index is 0.471. The molecule has 7 nitrogen and oxygen atoms in total. The van der Waals surface area contributed by atoms with Crippen molar-refractivity contribution in [2.75, 3.05) is 38.2 Å². The van der Waals surface area contributed by atoms with Crippen LogP contribution in [0.3, 0.4) is 0 Å². The molecule has 1 fully saturated rings. The molecule has 2 aromatic rings.